The van der Waals surface area contributed by atoms with Crippen LogP contribution in [0.3, 0.4) is 0 Å². The molecule has 2 heterocycles. The Hall–Kier alpha value is -2.21. The van der Waals surface area contributed by atoms with E-state index < -0.39 is 5.82 Å². The molecule has 0 saturated heterocycles. The van der Waals surface area contributed by atoms with E-state index in [1.54, 1.807) is 23.0 Å². The molecular formula is C13H11ClFN5. The third-order valence-electron chi connectivity index (χ3n) is 2.97. The molecule has 20 heavy (non-hydrogen) atoms. The van der Waals surface area contributed by atoms with Crippen LogP contribution in [0.1, 0.15) is 5.56 Å². The summed E-state index contributed by atoms with van der Waals surface area (Å²) in [6.07, 6.45) is 3.18. The van der Waals surface area contributed by atoms with Gasteiger partial charge in [0.1, 0.15) is 18.0 Å². The van der Waals surface area contributed by atoms with Crippen LogP contribution in [0.15, 0.2) is 30.7 Å². The van der Waals surface area contributed by atoms with Crippen molar-refractivity contribution in [2.45, 2.75) is 6.54 Å². The zero-order chi connectivity index (χ0) is 14.1. The lowest BCUT2D eigenvalue weighted by Gasteiger charge is -2.07. The fraction of sp³-hybridized carbons (Fsp3) is 0.154. The van der Waals surface area contributed by atoms with Gasteiger partial charge in [0.2, 0.25) is 0 Å². The summed E-state index contributed by atoms with van der Waals surface area (Å²) in [5.74, 6) is 0.260. The van der Waals surface area contributed by atoms with Crippen LogP contribution in [0.5, 0.6) is 0 Å². The highest BCUT2D eigenvalue weighted by atomic mass is 35.5. The van der Waals surface area contributed by atoms with Gasteiger partial charge < -0.3 is 5.32 Å². The number of fused-ring (bicyclic) bond motifs is 1. The first kappa shape index (κ1) is 12.8. The van der Waals surface area contributed by atoms with Crippen LogP contribution in [-0.4, -0.2) is 19.7 Å². The van der Waals surface area contributed by atoms with Gasteiger partial charge in [-0.3, -0.25) is 4.68 Å². The van der Waals surface area contributed by atoms with E-state index in [1.165, 1.54) is 12.4 Å². The highest BCUT2D eigenvalue weighted by Crippen LogP contribution is 2.20. The summed E-state index contributed by atoms with van der Waals surface area (Å²) in [4.78, 5) is 8.35. The van der Waals surface area contributed by atoms with Gasteiger partial charge in [0.25, 0.3) is 0 Å². The molecule has 5 nitrogen and oxygen atoms in total. The molecule has 3 aromatic rings. The van der Waals surface area contributed by atoms with Crippen molar-refractivity contribution in [1.82, 2.24) is 19.7 Å². The lowest BCUT2D eigenvalue weighted by molar-refractivity contribution is 0.627. The van der Waals surface area contributed by atoms with Crippen molar-refractivity contribution in [2.24, 2.45) is 7.05 Å². The maximum atomic E-state index is 13.1. The number of aryl methyl sites for hydroxylation is 1. The van der Waals surface area contributed by atoms with E-state index in [9.17, 15) is 4.39 Å². The number of hydrogen-bond donors (Lipinski definition) is 1. The highest BCUT2D eigenvalue weighted by Gasteiger charge is 2.07. The molecule has 0 aliphatic heterocycles. The van der Waals surface area contributed by atoms with Crippen molar-refractivity contribution < 1.29 is 4.39 Å². The molecule has 3 rings (SSSR count). The van der Waals surface area contributed by atoms with Gasteiger partial charge in [-0.1, -0.05) is 17.7 Å². The van der Waals surface area contributed by atoms with E-state index in [-0.39, 0.29) is 5.02 Å². The number of anilines is 1. The van der Waals surface area contributed by atoms with Crippen LogP contribution in [0, 0.1) is 5.82 Å². The van der Waals surface area contributed by atoms with Crippen molar-refractivity contribution >= 4 is 28.5 Å². The fourth-order valence-corrected chi connectivity index (χ4v) is 2.14. The molecule has 0 fully saturated rings. The van der Waals surface area contributed by atoms with Gasteiger partial charge in [-0.15, -0.1) is 0 Å². The third-order valence-corrected chi connectivity index (χ3v) is 3.26. The molecule has 0 aliphatic rings. The largest absolute Gasteiger partial charge is 0.365 e. The van der Waals surface area contributed by atoms with E-state index >= 15 is 0 Å². The molecule has 0 amide bonds. The molecule has 7 heteroatoms. The quantitative estimate of drug-likeness (QED) is 0.806. The summed E-state index contributed by atoms with van der Waals surface area (Å²) in [7, 11) is 1.82. The average Bonchev–Trinajstić information content (AvgIpc) is 2.83. The van der Waals surface area contributed by atoms with E-state index in [1.807, 2.05) is 7.05 Å². The minimum atomic E-state index is -0.424. The summed E-state index contributed by atoms with van der Waals surface area (Å²) >= 11 is 5.75. The predicted octanol–water partition coefficient (Wildman–Crippen LogP) is 2.77. The van der Waals surface area contributed by atoms with E-state index in [2.05, 4.69) is 20.4 Å². The minimum absolute atomic E-state index is 0.110. The Morgan fingerprint density at radius 3 is 3.00 bits per heavy atom. The van der Waals surface area contributed by atoms with Gasteiger partial charge in [0, 0.05) is 13.6 Å². The molecule has 0 aliphatic carbocycles. The van der Waals surface area contributed by atoms with E-state index in [4.69, 9.17) is 11.6 Å². The molecule has 0 spiro atoms. The summed E-state index contributed by atoms with van der Waals surface area (Å²) in [6, 6.07) is 4.61. The van der Waals surface area contributed by atoms with Crippen molar-refractivity contribution in [1.29, 1.82) is 0 Å². The number of aromatic nitrogens is 4. The zero-order valence-corrected chi connectivity index (χ0v) is 11.4. The molecule has 0 unspecified atom stereocenters. The molecular weight excluding hydrogens is 281 g/mol. The van der Waals surface area contributed by atoms with Crippen molar-refractivity contribution in [3.05, 3.63) is 47.1 Å². The third kappa shape index (κ3) is 2.30. The van der Waals surface area contributed by atoms with Crippen molar-refractivity contribution in [3.8, 4) is 0 Å². The minimum Gasteiger partial charge on any atom is -0.365 e. The smallest absolute Gasteiger partial charge is 0.163 e. The standard InChI is InChI=1S/C13H11ClFN5/c1-20-13-9(6-19-20)12(17-7-18-13)16-5-8-2-3-11(15)10(14)4-8/h2-4,6-7H,5H2,1H3,(H,16,17,18). The molecule has 1 aromatic carbocycles. The first-order chi connectivity index (χ1) is 9.65. The molecule has 0 bridgehead atoms. The molecule has 102 valence electrons. The van der Waals surface area contributed by atoms with Crippen LogP contribution in [0.4, 0.5) is 10.2 Å². The Kier molecular flexibility index (Phi) is 3.23. The predicted molar refractivity (Wildman–Crippen MR) is 75.0 cm³/mol. The Morgan fingerprint density at radius 1 is 1.35 bits per heavy atom. The Labute approximate surface area is 119 Å². The van der Waals surface area contributed by atoms with Crippen LogP contribution in [-0.2, 0) is 13.6 Å². The molecule has 1 N–H and O–H groups in total. The van der Waals surface area contributed by atoms with Crippen LogP contribution >= 0.6 is 11.6 Å². The van der Waals surface area contributed by atoms with Crippen LogP contribution in [0.25, 0.3) is 11.0 Å². The average molecular weight is 292 g/mol. The molecule has 0 radical (unpaired) electrons. The second-order valence-corrected chi connectivity index (χ2v) is 4.74. The van der Waals surface area contributed by atoms with Crippen molar-refractivity contribution in [2.75, 3.05) is 5.32 Å². The lowest BCUT2D eigenvalue weighted by Crippen LogP contribution is -2.03. The zero-order valence-electron chi connectivity index (χ0n) is 10.6. The van der Waals surface area contributed by atoms with Crippen LogP contribution < -0.4 is 5.32 Å². The number of halogens is 2. The Morgan fingerprint density at radius 2 is 2.20 bits per heavy atom. The second kappa shape index (κ2) is 5.05. The first-order valence-electron chi connectivity index (χ1n) is 5.95. The van der Waals surface area contributed by atoms with Crippen LogP contribution in [0.2, 0.25) is 5.02 Å². The van der Waals surface area contributed by atoms with Gasteiger partial charge in [-0.25, -0.2) is 14.4 Å². The normalized spacial score (nSPS) is 10.9. The Bertz CT molecular complexity index is 771. The number of rotatable bonds is 3. The topological polar surface area (TPSA) is 55.6 Å². The summed E-state index contributed by atoms with van der Waals surface area (Å²) in [5.41, 5.74) is 1.62. The molecule has 0 saturated carbocycles. The van der Waals surface area contributed by atoms with E-state index in [0.717, 1.165) is 16.6 Å². The monoisotopic (exact) mass is 291 g/mol. The lowest BCUT2D eigenvalue weighted by atomic mass is 10.2. The van der Waals surface area contributed by atoms with Gasteiger partial charge in [0.05, 0.1) is 16.6 Å². The van der Waals surface area contributed by atoms with Gasteiger partial charge in [-0.2, -0.15) is 5.10 Å². The number of benzene rings is 1. The summed E-state index contributed by atoms with van der Waals surface area (Å²) in [5, 5.41) is 8.27. The molecule has 2 aromatic heterocycles. The number of nitrogens with zero attached hydrogens (tertiary/aromatic N) is 4. The van der Waals surface area contributed by atoms with Gasteiger partial charge in [-0.05, 0) is 17.7 Å². The van der Waals surface area contributed by atoms with E-state index in [0.29, 0.717) is 12.4 Å². The first-order valence-corrected chi connectivity index (χ1v) is 6.33. The SMILES string of the molecule is Cn1ncc2c(NCc3ccc(F)c(Cl)c3)ncnc21. The maximum absolute atomic E-state index is 13.1. The summed E-state index contributed by atoms with van der Waals surface area (Å²) in [6.45, 7) is 0.487. The number of nitrogens with one attached hydrogen (secondary N) is 1. The second-order valence-electron chi connectivity index (χ2n) is 4.33. The van der Waals surface area contributed by atoms with Gasteiger partial charge >= 0.3 is 0 Å². The number of hydrogen-bond acceptors (Lipinski definition) is 4. The maximum Gasteiger partial charge on any atom is 0.163 e. The fourth-order valence-electron chi connectivity index (χ4n) is 1.94. The van der Waals surface area contributed by atoms with Gasteiger partial charge in [0.15, 0.2) is 5.65 Å². The highest BCUT2D eigenvalue weighted by molar-refractivity contribution is 6.30. The molecule has 0 atom stereocenters. The Balaban J connectivity index is 1.85. The summed E-state index contributed by atoms with van der Waals surface area (Å²) < 4.78 is 14.8. The van der Waals surface area contributed by atoms with Crippen molar-refractivity contribution in [3.63, 3.8) is 0 Å².